The number of rotatable bonds is 6. The summed E-state index contributed by atoms with van der Waals surface area (Å²) in [5.41, 5.74) is 1.01. The van der Waals surface area contributed by atoms with E-state index in [1.165, 1.54) is 0 Å². The van der Waals surface area contributed by atoms with Crippen molar-refractivity contribution in [3.8, 4) is 5.75 Å². The van der Waals surface area contributed by atoms with Crippen LogP contribution in [0.5, 0.6) is 5.75 Å². The lowest BCUT2D eigenvalue weighted by Crippen LogP contribution is -2.61. The molecule has 1 unspecified atom stereocenters. The Labute approximate surface area is 162 Å². The van der Waals surface area contributed by atoms with E-state index < -0.39 is 20.6 Å². The van der Waals surface area contributed by atoms with Crippen LogP contribution in [0, 0.1) is 17.2 Å². The van der Waals surface area contributed by atoms with Gasteiger partial charge in [-0.1, -0.05) is 35.9 Å². The van der Waals surface area contributed by atoms with E-state index in [2.05, 4.69) is 0 Å². The Kier molecular flexibility index (Phi) is 5.76. The van der Waals surface area contributed by atoms with Gasteiger partial charge in [0.05, 0.1) is 27.7 Å². The Bertz CT molecular complexity index is 879. The fraction of sp³-hybridized carbons (Fsp3) is 0.100. The number of ether oxygens (including phenoxy) is 1. The van der Waals surface area contributed by atoms with Crippen LogP contribution in [0.25, 0.3) is 0 Å². The van der Waals surface area contributed by atoms with Crippen LogP contribution in [0.1, 0.15) is 5.56 Å². The maximum absolute atomic E-state index is 11.7. The lowest BCUT2D eigenvalue weighted by Gasteiger charge is -2.34. The Morgan fingerprint density at radius 3 is 1.67 bits per heavy atom. The minimum absolute atomic E-state index is 0.574. The van der Waals surface area contributed by atoms with Gasteiger partial charge in [0.25, 0.3) is 0 Å². The van der Waals surface area contributed by atoms with Crippen LogP contribution in [-0.2, 0) is 3.74 Å². The molecule has 0 fully saturated rings. The highest BCUT2D eigenvalue weighted by Crippen LogP contribution is 2.70. The summed E-state index contributed by atoms with van der Waals surface area (Å²) in [5.74, 6) is 0.617. The molecule has 0 aromatic heterocycles. The number of benzene rings is 3. The SMILES string of the molecule is COc1ccc(S(O[Cl+3]([O-])([O-])[O-])(c2ccccc2)c2ccc(C)cc2)cc1. The predicted octanol–water partition coefficient (Wildman–Crippen LogP) is 2.11. The Morgan fingerprint density at radius 1 is 0.704 bits per heavy atom. The molecule has 0 heterocycles. The van der Waals surface area contributed by atoms with Crippen molar-refractivity contribution in [2.24, 2.45) is 0 Å². The van der Waals surface area contributed by atoms with Gasteiger partial charge in [-0.3, -0.25) is 0 Å². The second-order valence-corrected chi connectivity index (χ2v) is 9.59. The summed E-state index contributed by atoms with van der Waals surface area (Å²) < 4.78 is 45.8. The van der Waals surface area contributed by atoms with E-state index in [1.54, 1.807) is 67.8 Å². The molecule has 5 nitrogen and oxygen atoms in total. The summed E-state index contributed by atoms with van der Waals surface area (Å²) in [6.07, 6.45) is 0. The third-order valence-electron chi connectivity index (χ3n) is 3.99. The van der Waals surface area contributed by atoms with E-state index in [4.69, 9.17) is 8.47 Å². The van der Waals surface area contributed by atoms with Crippen molar-refractivity contribution in [2.45, 2.75) is 21.6 Å². The molecule has 0 aliphatic rings. The molecule has 142 valence electrons. The smallest absolute Gasteiger partial charge is 0.134 e. The van der Waals surface area contributed by atoms with Crippen molar-refractivity contribution >= 4 is 10.3 Å². The number of methoxy groups -OCH3 is 1. The first-order valence-corrected chi connectivity index (χ1v) is 10.9. The van der Waals surface area contributed by atoms with E-state index in [0.717, 1.165) is 5.56 Å². The monoisotopic (exact) mass is 406 g/mol. The first-order chi connectivity index (χ1) is 12.8. The molecule has 0 N–H and O–H groups in total. The molecule has 1 atom stereocenters. The van der Waals surface area contributed by atoms with E-state index in [-0.39, 0.29) is 0 Å². The fourth-order valence-electron chi connectivity index (χ4n) is 2.74. The van der Waals surface area contributed by atoms with E-state index >= 15 is 0 Å². The van der Waals surface area contributed by atoms with E-state index in [0.29, 0.717) is 20.4 Å². The number of aryl methyl sites for hydroxylation is 1. The Hall–Kier alpha value is -2.06. The lowest BCUT2D eigenvalue weighted by atomic mass is 10.2. The zero-order valence-corrected chi connectivity index (χ0v) is 16.4. The van der Waals surface area contributed by atoms with E-state index in [9.17, 15) is 14.0 Å². The highest BCUT2D eigenvalue weighted by Gasteiger charge is 2.46. The van der Waals surface area contributed by atoms with Gasteiger partial charge in [0.15, 0.2) is 0 Å². The van der Waals surface area contributed by atoms with Gasteiger partial charge in [0.1, 0.15) is 9.49 Å². The van der Waals surface area contributed by atoms with Crippen LogP contribution < -0.4 is 18.7 Å². The molecular weight excluding hydrogens is 388 g/mol. The number of hydrogen-bond acceptors (Lipinski definition) is 5. The van der Waals surface area contributed by atoms with Crippen LogP contribution >= 0.6 is 10.3 Å². The van der Waals surface area contributed by atoms with Crippen molar-refractivity contribution in [3.63, 3.8) is 0 Å². The van der Waals surface area contributed by atoms with Gasteiger partial charge in [0, 0.05) is 14.7 Å². The van der Waals surface area contributed by atoms with Crippen molar-refractivity contribution in [1.82, 2.24) is 0 Å². The number of hydrogen-bond donors (Lipinski definition) is 0. The molecule has 3 aromatic rings. The fourth-order valence-corrected chi connectivity index (χ4v) is 6.94. The molecule has 27 heavy (non-hydrogen) atoms. The topological polar surface area (TPSA) is 87.6 Å². The molecule has 0 spiro atoms. The quantitative estimate of drug-likeness (QED) is 0.625. The van der Waals surface area contributed by atoms with Crippen LogP contribution in [0.3, 0.4) is 0 Å². The second-order valence-electron chi connectivity index (χ2n) is 5.80. The summed E-state index contributed by atoms with van der Waals surface area (Å²) in [6.45, 7) is 1.93. The van der Waals surface area contributed by atoms with Crippen molar-refractivity contribution in [2.75, 3.05) is 7.11 Å². The van der Waals surface area contributed by atoms with Crippen LogP contribution in [0.15, 0.2) is 93.5 Å². The average Bonchev–Trinajstić information content (AvgIpc) is 2.67. The molecule has 3 rings (SSSR count). The molecule has 0 saturated carbocycles. The molecule has 0 aliphatic carbocycles. The van der Waals surface area contributed by atoms with Gasteiger partial charge in [-0.25, -0.2) is 0 Å². The van der Waals surface area contributed by atoms with Crippen molar-refractivity contribution in [1.29, 1.82) is 0 Å². The summed E-state index contributed by atoms with van der Waals surface area (Å²) >= 11 is 0. The molecule has 0 saturated heterocycles. The maximum Gasteiger partial charge on any atom is 0.134 e. The highest BCUT2D eigenvalue weighted by atomic mass is 35.7. The first-order valence-electron chi connectivity index (χ1n) is 8.06. The molecule has 7 heteroatoms. The minimum atomic E-state index is -4.68. The second kappa shape index (κ2) is 7.90. The molecule has 3 aromatic carbocycles. The third-order valence-corrected chi connectivity index (χ3v) is 8.17. The number of halogens is 1. The largest absolute Gasteiger partial charge is 0.497 e. The van der Waals surface area contributed by atoms with Gasteiger partial charge >= 0.3 is 0 Å². The van der Waals surface area contributed by atoms with Gasteiger partial charge in [-0.2, -0.15) is 14.0 Å². The zero-order valence-electron chi connectivity index (χ0n) is 14.8. The first kappa shape index (κ1) is 19.7. The predicted molar refractivity (Wildman–Crippen MR) is 94.1 cm³/mol. The van der Waals surface area contributed by atoms with Crippen LogP contribution in [0.4, 0.5) is 0 Å². The van der Waals surface area contributed by atoms with Crippen LogP contribution in [0.2, 0.25) is 0 Å². The molecular formula is C20H19ClO5S. The van der Waals surface area contributed by atoms with Crippen molar-refractivity contribution in [3.05, 3.63) is 84.4 Å². The van der Waals surface area contributed by atoms with Gasteiger partial charge in [-0.15, -0.1) is 0 Å². The third kappa shape index (κ3) is 4.27. The Balaban J connectivity index is 2.31. The summed E-state index contributed by atoms with van der Waals surface area (Å²) in [4.78, 5) is 1.78. The summed E-state index contributed by atoms with van der Waals surface area (Å²) in [5, 5.41) is 0. The Morgan fingerprint density at radius 2 is 1.19 bits per heavy atom. The normalized spacial score (nSPS) is 15.0. The van der Waals surface area contributed by atoms with Gasteiger partial charge in [-0.05, 0) is 55.5 Å². The van der Waals surface area contributed by atoms with Crippen molar-refractivity contribution < 1.29 is 32.7 Å². The maximum atomic E-state index is 11.7. The zero-order chi connectivity index (χ0) is 19.5. The molecule has 0 bridgehead atoms. The average molecular weight is 407 g/mol. The molecule has 0 radical (unpaired) electrons. The summed E-state index contributed by atoms with van der Waals surface area (Å²) in [7, 11) is -5.94. The van der Waals surface area contributed by atoms with Crippen LogP contribution in [-0.4, -0.2) is 7.11 Å². The minimum Gasteiger partial charge on any atom is -0.497 e. The highest BCUT2D eigenvalue weighted by molar-refractivity contribution is 8.29. The van der Waals surface area contributed by atoms with E-state index in [1.807, 2.05) is 25.1 Å². The lowest BCUT2D eigenvalue weighted by molar-refractivity contribution is -1.91. The summed E-state index contributed by atoms with van der Waals surface area (Å²) in [6, 6.07) is 23.1. The standard InChI is InChI=1S/C20H19ClO5S/c1-16-8-12-19(13-9-16)27(26-21(22,23)24,18-6-4-3-5-7-18)20-14-10-17(25-2)11-15-20/h3-15H,1-2H3. The molecule has 0 amide bonds. The van der Waals surface area contributed by atoms with Gasteiger partial charge in [0.2, 0.25) is 0 Å². The van der Waals surface area contributed by atoms with Gasteiger partial charge < -0.3 is 4.74 Å². The molecule has 0 aliphatic heterocycles.